The summed E-state index contributed by atoms with van der Waals surface area (Å²) in [5.41, 5.74) is 6.97. The molecule has 5 rings (SSSR count). The fourth-order valence-electron chi connectivity index (χ4n) is 3.82. The van der Waals surface area contributed by atoms with Crippen LogP contribution in [0, 0.1) is 6.92 Å². The minimum absolute atomic E-state index is 0.154. The van der Waals surface area contributed by atoms with E-state index in [0.717, 1.165) is 22.4 Å². The minimum Gasteiger partial charge on any atom is -0.497 e. The van der Waals surface area contributed by atoms with Gasteiger partial charge in [0.05, 0.1) is 13.2 Å². The molecule has 172 valence electrons. The first-order valence-electron chi connectivity index (χ1n) is 10.7. The molecule has 0 aliphatic carbocycles. The summed E-state index contributed by atoms with van der Waals surface area (Å²) in [4.78, 5) is 13.5. The maximum atomic E-state index is 13.5. The molecular formula is C25H22ClN5O2S. The van der Waals surface area contributed by atoms with Gasteiger partial charge in [-0.15, -0.1) is 10.2 Å². The molecule has 9 heteroatoms. The van der Waals surface area contributed by atoms with Crippen LogP contribution in [0.3, 0.4) is 0 Å². The van der Waals surface area contributed by atoms with Crippen molar-refractivity contribution in [3.63, 3.8) is 0 Å². The summed E-state index contributed by atoms with van der Waals surface area (Å²) in [5, 5.41) is 12.5. The van der Waals surface area contributed by atoms with Gasteiger partial charge in [-0.1, -0.05) is 71.9 Å². The molecule has 1 aromatic heterocycles. The lowest BCUT2D eigenvalue weighted by Gasteiger charge is -2.33. The average Bonchev–Trinajstić information content (AvgIpc) is 3.29. The van der Waals surface area contributed by atoms with Crippen molar-refractivity contribution in [3.8, 4) is 17.1 Å². The van der Waals surface area contributed by atoms with Crippen molar-refractivity contribution in [1.29, 1.82) is 0 Å². The number of fused-ring (bicyclic) bond motifs is 1. The SMILES string of the molecule is COc1ccc([C@H]2Nn3c(nnc3-c3ccccc3)S[C@@H]2C(=O)Nc2cc(Cl)ccc2C)cc1. The molecule has 0 spiro atoms. The third kappa shape index (κ3) is 4.34. The second-order valence-electron chi connectivity index (χ2n) is 7.87. The summed E-state index contributed by atoms with van der Waals surface area (Å²) in [5.74, 6) is 1.28. The van der Waals surface area contributed by atoms with Crippen LogP contribution in [0.25, 0.3) is 11.4 Å². The van der Waals surface area contributed by atoms with Crippen molar-refractivity contribution in [1.82, 2.24) is 14.9 Å². The Balaban J connectivity index is 1.52. The Morgan fingerprint density at radius 3 is 2.59 bits per heavy atom. The fraction of sp³-hybridized carbons (Fsp3) is 0.160. The van der Waals surface area contributed by atoms with E-state index in [2.05, 4.69) is 20.9 Å². The molecule has 0 saturated carbocycles. The monoisotopic (exact) mass is 491 g/mol. The molecule has 34 heavy (non-hydrogen) atoms. The zero-order valence-corrected chi connectivity index (χ0v) is 20.1. The van der Waals surface area contributed by atoms with Gasteiger partial charge in [0.25, 0.3) is 0 Å². The van der Waals surface area contributed by atoms with Crippen LogP contribution in [0.4, 0.5) is 5.69 Å². The topological polar surface area (TPSA) is 81.1 Å². The lowest BCUT2D eigenvalue weighted by atomic mass is 10.0. The van der Waals surface area contributed by atoms with E-state index in [1.165, 1.54) is 11.8 Å². The van der Waals surface area contributed by atoms with E-state index in [-0.39, 0.29) is 11.9 Å². The highest BCUT2D eigenvalue weighted by atomic mass is 35.5. The van der Waals surface area contributed by atoms with Gasteiger partial charge in [0.15, 0.2) is 5.82 Å². The molecule has 1 aliphatic rings. The van der Waals surface area contributed by atoms with Gasteiger partial charge in [-0.3, -0.25) is 4.79 Å². The van der Waals surface area contributed by atoms with Crippen LogP contribution < -0.4 is 15.5 Å². The number of thioether (sulfide) groups is 1. The zero-order valence-electron chi connectivity index (χ0n) is 18.5. The quantitative estimate of drug-likeness (QED) is 0.393. The highest BCUT2D eigenvalue weighted by Crippen LogP contribution is 2.39. The number of anilines is 1. The number of carbonyl (C=O) groups excluding carboxylic acids is 1. The number of benzene rings is 3. The van der Waals surface area contributed by atoms with E-state index in [1.54, 1.807) is 19.2 Å². The number of ether oxygens (including phenoxy) is 1. The minimum atomic E-state index is -0.507. The first-order chi connectivity index (χ1) is 16.5. The molecular weight excluding hydrogens is 470 g/mol. The van der Waals surface area contributed by atoms with Gasteiger partial charge in [0, 0.05) is 16.3 Å². The number of hydrogen-bond donors (Lipinski definition) is 2. The maximum absolute atomic E-state index is 13.5. The smallest absolute Gasteiger partial charge is 0.240 e. The third-order valence-corrected chi connectivity index (χ3v) is 7.11. The highest BCUT2D eigenvalue weighted by molar-refractivity contribution is 8.00. The normalized spacial score (nSPS) is 16.9. The fourth-order valence-corrected chi connectivity index (χ4v) is 5.08. The van der Waals surface area contributed by atoms with E-state index in [0.29, 0.717) is 21.7 Å². The number of halogens is 1. The molecule has 2 atom stereocenters. The van der Waals surface area contributed by atoms with Crippen LogP contribution in [0.15, 0.2) is 78.0 Å². The number of carbonyl (C=O) groups is 1. The van der Waals surface area contributed by atoms with Gasteiger partial charge >= 0.3 is 0 Å². The Bertz CT molecular complexity index is 1330. The maximum Gasteiger partial charge on any atom is 0.240 e. The molecule has 3 aromatic carbocycles. The van der Waals surface area contributed by atoms with Crippen molar-refractivity contribution >= 4 is 35.0 Å². The van der Waals surface area contributed by atoms with Crippen LogP contribution >= 0.6 is 23.4 Å². The Kier molecular flexibility index (Phi) is 6.17. The lowest BCUT2D eigenvalue weighted by Crippen LogP contribution is -2.41. The second-order valence-corrected chi connectivity index (χ2v) is 9.42. The van der Waals surface area contributed by atoms with E-state index in [9.17, 15) is 4.79 Å². The average molecular weight is 492 g/mol. The first-order valence-corrected chi connectivity index (χ1v) is 11.9. The zero-order chi connectivity index (χ0) is 23.7. The number of methoxy groups -OCH3 is 1. The molecule has 1 amide bonds. The molecule has 2 heterocycles. The van der Waals surface area contributed by atoms with Crippen molar-refractivity contribution in [2.24, 2.45) is 0 Å². The summed E-state index contributed by atoms with van der Waals surface area (Å²) in [6.07, 6.45) is 0. The van der Waals surface area contributed by atoms with Gasteiger partial charge in [-0.2, -0.15) is 0 Å². The van der Waals surface area contributed by atoms with Gasteiger partial charge in [0.1, 0.15) is 11.0 Å². The number of amides is 1. The summed E-state index contributed by atoms with van der Waals surface area (Å²) in [6, 6.07) is 22.6. The number of aryl methyl sites for hydroxylation is 1. The van der Waals surface area contributed by atoms with E-state index in [4.69, 9.17) is 16.3 Å². The van der Waals surface area contributed by atoms with Crippen LogP contribution in [0.2, 0.25) is 5.02 Å². The van der Waals surface area contributed by atoms with Gasteiger partial charge in [0.2, 0.25) is 11.1 Å². The standard InChI is InChI=1S/C25H22ClN5O2S/c1-15-8-11-18(26)14-20(15)27-24(32)22-21(16-9-12-19(33-2)13-10-16)30-31-23(28-29-25(31)34-22)17-6-4-3-5-7-17/h3-14,21-22,30H,1-2H3,(H,27,32)/t21-,22+/m1/s1. The number of nitrogens with one attached hydrogen (secondary N) is 2. The number of hydrogen-bond acceptors (Lipinski definition) is 6. The molecule has 2 N–H and O–H groups in total. The summed E-state index contributed by atoms with van der Waals surface area (Å²) in [7, 11) is 1.63. The second kappa shape index (κ2) is 9.40. The molecule has 0 bridgehead atoms. The van der Waals surface area contributed by atoms with Crippen LogP contribution in [-0.4, -0.2) is 33.1 Å². The highest BCUT2D eigenvalue weighted by Gasteiger charge is 2.38. The van der Waals surface area contributed by atoms with E-state index in [1.807, 2.05) is 72.3 Å². The Morgan fingerprint density at radius 2 is 1.85 bits per heavy atom. The molecule has 4 aromatic rings. The van der Waals surface area contributed by atoms with Crippen molar-refractivity contribution in [3.05, 3.63) is 88.9 Å². The molecule has 1 aliphatic heterocycles. The van der Waals surface area contributed by atoms with Crippen molar-refractivity contribution < 1.29 is 9.53 Å². The van der Waals surface area contributed by atoms with Crippen molar-refractivity contribution in [2.75, 3.05) is 17.9 Å². The molecule has 7 nitrogen and oxygen atoms in total. The van der Waals surface area contributed by atoms with Crippen molar-refractivity contribution in [2.45, 2.75) is 23.4 Å². The van der Waals surface area contributed by atoms with Gasteiger partial charge in [-0.25, -0.2) is 4.68 Å². The Hall–Kier alpha value is -3.49. The summed E-state index contributed by atoms with van der Waals surface area (Å²) < 4.78 is 7.16. The van der Waals surface area contributed by atoms with Gasteiger partial charge in [-0.05, 0) is 42.3 Å². The van der Waals surface area contributed by atoms with Gasteiger partial charge < -0.3 is 15.5 Å². The summed E-state index contributed by atoms with van der Waals surface area (Å²) >= 11 is 7.54. The van der Waals surface area contributed by atoms with Crippen LogP contribution in [-0.2, 0) is 4.79 Å². The largest absolute Gasteiger partial charge is 0.497 e. The third-order valence-electron chi connectivity index (χ3n) is 5.66. The predicted molar refractivity (Wildman–Crippen MR) is 135 cm³/mol. The summed E-state index contributed by atoms with van der Waals surface area (Å²) in [6.45, 7) is 1.93. The number of nitrogens with zero attached hydrogens (tertiary/aromatic N) is 3. The van der Waals surface area contributed by atoms with E-state index >= 15 is 0 Å². The molecule has 0 fully saturated rings. The lowest BCUT2D eigenvalue weighted by molar-refractivity contribution is -0.116. The van der Waals surface area contributed by atoms with Crippen LogP contribution in [0.5, 0.6) is 5.75 Å². The number of aromatic nitrogens is 3. The molecule has 0 radical (unpaired) electrons. The first kappa shape index (κ1) is 22.3. The molecule has 0 saturated heterocycles. The van der Waals surface area contributed by atoms with Crippen LogP contribution in [0.1, 0.15) is 17.2 Å². The number of rotatable bonds is 5. The molecule has 0 unspecified atom stereocenters. The Morgan fingerprint density at radius 1 is 1.09 bits per heavy atom. The van der Waals surface area contributed by atoms with E-state index < -0.39 is 5.25 Å². The predicted octanol–water partition coefficient (Wildman–Crippen LogP) is 5.31. The Labute approximate surface area is 206 Å².